The minimum absolute atomic E-state index is 0.0591. The number of nitrogens with zero attached hydrogens (tertiary/aromatic N) is 4. The molecule has 0 aromatic carbocycles. The molecule has 2 atom stereocenters. The van der Waals surface area contributed by atoms with E-state index in [1.54, 1.807) is 11.6 Å². The van der Waals surface area contributed by atoms with Crippen LogP contribution in [0.15, 0.2) is 0 Å². The van der Waals surface area contributed by atoms with Crippen molar-refractivity contribution >= 4 is 11.5 Å². The molecule has 19 heavy (non-hydrogen) atoms. The zero-order valence-corrected chi connectivity index (χ0v) is 11.7. The van der Waals surface area contributed by atoms with E-state index in [9.17, 15) is 10.1 Å². The van der Waals surface area contributed by atoms with Gasteiger partial charge in [-0.1, -0.05) is 6.92 Å². The van der Waals surface area contributed by atoms with E-state index in [2.05, 4.69) is 12.0 Å². The molecule has 1 aromatic heterocycles. The van der Waals surface area contributed by atoms with Crippen LogP contribution in [0.1, 0.15) is 26.0 Å². The highest BCUT2D eigenvalue weighted by molar-refractivity contribution is 5.61. The topological polar surface area (TPSA) is 90.2 Å². The first-order chi connectivity index (χ1) is 8.93. The van der Waals surface area contributed by atoms with Crippen molar-refractivity contribution in [2.45, 2.75) is 39.8 Å². The van der Waals surface area contributed by atoms with Crippen LogP contribution in [0.5, 0.6) is 0 Å². The van der Waals surface area contributed by atoms with E-state index in [4.69, 9.17) is 5.73 Å². The Morgan fingerprint density at radius 3 is 2.74 bits per heavy atom. The lowest BCUT2D eigenvalue weighted by atomic mass is 9.96. The second-order valence-corrected chi connectivity index (χ2v) is 5.34. The average molecular weight is 267 g/mol. The third kappa shape index (κ3) is 2.56. The minimum atomic E-state index is -0.339. The van der Waals surface area contributed by atoms with Gasteiger partial charge in [0.25, 0.3) is 0 Å². The lowest BCUT2D eigenvalue weighted by molar-refractivity contribution is -0.384. The molecule has 106 valence electrons. The number of piperidine rings is 1. The van der Waals surface area contributed by atoms with Crippen molar-refractivity contribution < 1.29 is 4.92 Å². The van der Waals surface area contributed by atoms with Crippen molar-refractivity contribution in [2.75, 3.05) is 18.0 Å². The van der Waals surface area contributed by atoms with Crippen LogP contribution in [0.25, 0.3) is 0 Å². The highest BCUT2D eigenvalue weighted by Gasteiger charge is 2.33. The Bertz CT molecular complexity index is 475. The molecule has 1 aromatic rings. The van der Waals surface area contributed by atoms with Crippen molar-refractivity contribution in [3.63, 3.8) is 0 Å². The van der Waals surface area contributed by atoms with Gasteiger partial charge < -0.3 is 10.6 Å². The molecule has 2 N–H and O–H groups in total. The van der Waals surface area contributed by atoms with E-state index in [1.807, 2.05) is 11.8 Å². The third-order valence-corrected chi connectivity index (χ3v) is 3.54. The van der Waals surface area contributed by atoms with E-state index in [0.717, 1.165) is 13.0 Å². The Labute approximate surface area is 112 Å². The smallest absolute Gasteiger partial charge is 0.333 e. The van der Waals surface area contributed by atoms with Gasteiger partial charge in [-0.3, -0.25) is 10.1 Å². The van der Waals surface area contributed by atoms with Crippen LogP contribution in [0.2, 0.25) is 0 Å². The third-order valence-electron chi connectivity index (χ3n) is 3.54. The number of nitro groups is 1. The molecule has 0 amide bonds. The number of nitrogens with two attached hydrogens (primary N) is 1. The van der Waals surface area contributed by atoms with Crippen LogP contribution in [-0.2, 0) is 6.54 Å². The molecule has 2 unspecified atom stereocenters. The highest BCUT2D eigenvalue weighted by Crippen LogP contribution is 2.33. The second-order valence-electron chi connectivity index (χ2n) is 5.34. The molecular formula is C12H21N5O2. The van der Waals surface area contributed by atoms with Gasteiger partial charge in [0.2, 0.25) is 5.82 Å². The van der Waals surface area contributed by atoms with Crippen LogP contribution in [0.3, 0.4) is 0 Å². The summed E-state index contributed by atoms with van der Waals surface area (Å²) in [7, 11) is 0. The Morgan fingerprint density at radius 1 is 1.53 bits per heavy atom. The van der Waals surface area contributed by atoms with E-state index in [1.165, 1.54) is 0 Å². The molecule has 2 heterocycles. The SMILES string of the molecule is CCn1nc(C)c([N+](=O)[O-])c1N1CC(C)CC(N)C1. The number of hydrogen-bond acceptors (Lipinski definition) is 5. The average Bonchev–Trinajstić information content (AvgIpc) is 2.64. The summed E-state index contributed by atoms with van der Waals surface area (Å²) in [6.07, 6.45) is 0.962. The highest BCUT2D eigenvalue weighted by atomic mass is 16.6. The lowest BCUT2D eigenvalue weighted by Crippen LogP contribution is -2.47. The molecule has 0 aliphatic carbocycles. The van der Waals surface area contributed by atoms with Crippen LogP contribution in [-0.4, -0.2) is 33.8 Å². The van der Waals surface area contributed by atoms with Gasteiger partial charge >= 0.3 is 5.69 Å². The summed E-state index contributed by atoms with van der Waals surface area (Å²) in [4.78, 5) is 12.9. The van der Waals surface area contributed by atoms with Crippen molar-refractivity contribution in [2.24, 2.45) is 11.7 Å². The summed E-state index contributed by atoms with van der Waals surface area (Å²) < 4.78 is 1.71. The van der Waals surface area contributed by atoms with Gasteiger partial charge in [0.1, 0.15) is 5.69 Å². The normalized spacial score (nSPS) is 23.7. The summed E-state index contributed by atoms with van der Waals surface area (Å²) in [5, 5.41) is 15.5. The largest absolute Gasteiger partial charge is 0.349 e. The fraction of sp³-hybridized carbons (Fsp3) is 0.750. The van der Waals surface area contributed by atoms with Gasteiger partial charge in [-0.05, 0) is 26.2 Å². The van der Waals surface area contributed by atoms with Crippen LogP contribution in [0, 0.1) is 23.0 Å². The van der Waals surface area contributed by atoms with Gasteiger partial charge in [0.05, 0.1) is 4.92 Å². The number of rotatable bonds is 3. The predicted octanol–water partition coefficient (Wildman–Crippen LogP) is 1.29. The number of hydrogen-bond donors (Lipinski definition) is 1. The Kier molecular flexibility index (Phi) is 3.75. The van der Waals surface area contributed by atoms with Gasteiger partial charge in [0.15, 0.2) is 0 Å². The standard InChI is InChI=1S/C12H21N5O2/c1-4-16-12(11(17(18)19)9(3)14-16)15-6-8(2)5-10(13)7-15/h8,10H,4-7,13H2,1-3H3. The predicted molar refractivity (Wildman–Crippen MR) is 73.3 cm³/mol. The van der Waals surface area contributed by atoms with Gasteiger partial charge in [0, 0.05) is 25.7 Å². The second kappa shape index (κ2) is 5.16. The minimum Gasteiger partial charge on any atom is -0.349 e. The van der Waals surface area contributed by atoms with E-state index in [0.29, 0.717) is 30.5 Å². The first-order valence-electron chi connectivity index (χ1n) is 6.66. The zero-order chi connectivity index (χ0) is 14.2. The fourth-order valence-corrected chi connectivity index (χ4v) is 2.88. The van der Waals surface area contributed by atoms with E-state index in [-0.39, 0.29) is 16.7 Å². The summed E-state index contributed by atoms with van der Waals surface area (Å²) in [5.41, 5.74) is 6.62. The van der Waals surface area contributed by atoms with Gasteiger partial charge in [-0.25, -0.2) is 4.68 Å². The summed E-state index contributed by atoms with van der Waals surface area (Å²) in [6, 6.07) is 0.0591. The molecule has 0 spiro atoms. The molecule has 1 aliphatic rings. The van der Waals surface area contributed by atoms with Crippen LogP contribution >= 0.6 is 0 Å². The van der Waals surface area contributed by atoms with E-state index < -0.39 is 0 Å². The molecule has 1 aliphatic heterocycles. The maximum atomic E-state index is 11.3. The van der Waals surface area contributed by atoms with Crippen molar-refractivity contribution in [3.8, 4) is 0 Å². The van der Waals surface area contributed by atoms with Crippen molar-refractivity contribution in [1.29, 1.82) is 0 Å². The van der Waals surface area contributed by atoms with Gasteiger partial charge in [-0.2, -0.15) is 5.10 Å². The zero-order valence-electron chi connectivity index (χ0n) is 11.7. The lowest BCUT2D eigenvalue weighted by Gasteiger charge is -2.35. The van der Waals surface area contributed by atoms with Crippen molar-refractivity contribution in [1.82, 2.24) is 9.78 Å². The first kappa shape index (κ1) is 13.8. The molecule has 0 saturated carbocycles. The summed E-state index contributed by atoms with van der Waals surface area (Å²) in [5.74, 6) is 1.04. The van der Waals surface area contributed by atoms with Gasteiger partial charge in [-0.15, -0.1) is 0 Å². The molecule has 0 bridgehead atoms. The molecule has 1 fully saturated rings. The molecule has 0 radical (unpaired) electrons. The fourth-order valence-electron chi connectivity index (χ4n) is 2.88. The number of aryl methyl sites for hydroxylation is 2. The molecule has 7 heteroatoms. The Hall–Kier alpha value is -1.63. The molecule has 2 rings (SSSR count). The number of aromatic nitrogens is 2. The molecule has 1 saturated heterocycles. The Balaban J connectivity index is 2.44. The quantitative estimate of drug-likeness (QED) is 0.658. The monoisotopic (exact) mass is 267 g/mol. The Morgan fingerprint density at radius 2 is 2.21 bits per heavy atom. The maximum absolute atomic E-state index is 11.3. The number of anilines is 1. The van der Waals surface area contributed by atoms with Crippen LogP contribution < -0.4 is 10.6 Å². The van der Waals surface area contributed by atoms with Crippen molar-refractivity contribution in [3.05, 3.63) is 15.8 Å². The molecular weight excluding hydrogens is 246 g/mol. The van der Waals surface area contributed by atoms with Crippen LogP contribution in [0.4, 0.5) is 11.5 Å². The summed E-state index contributed by atoms with van der Waals surface area (Å²) in [6.45, 7) is 7.80. The molecule has 7 nitrogen and oxygen atoms in total. The maximum Gasteiger partial charge on any atom is 0.333 e. The summed E-state index contributed by atoms with van der Waals surface area (Å²) >= 11 is 0. The van der Waals surface area contributed by atoms with E-state index >= 15 is 0 Å². The first-order valence-corrected chi connectivity index (χ1v) is 6.66.